The molecule has 0 saturated heterocycles. The highest BCUT2D eigenvalue weighted by atomic mass is 19.1. The molecule has 3 aromatic heterocycles. The fourth-order valence-electron chi connectivity index (χ4n) is 6.96. The Balaban J connectivity index is 1.45. The van der Waals surface area contributed by atoms with Gasteiger partial charge in [0.15, 0.2) is 0 Å². The molecular formula is C30H40FN7O2. The first-order chi connectivity index (χ1) is 19.3. The van der Waals surface area contributed by atoms with Gasteiger partial charge in [-0.2, -0.15) is 14.6 Å². The SMILES string of the molecule is Cc1n[nH]c(C)c1-c1ccc(NC(=O)[C@@H](NC(=O)c2ccnn2C)C(C2CCCCC2)C2CCCCC2)nc1F. The van der Waals surface area contributed by atoms with Crippen molar-refractivity contribution in [3.63, 3.8) is 0 Å². The van der Waals surface area contributed by atoms with E-state index in [2.05, 4.69) is 30.9 Å². The van der Waals surface area contributed by atoms with Crippen molar-refractivity contribution in [1.82, 2.24) is 30.3 Å². The van der Waals surface area contributed by atoms with Crippen LogP contribution in [0.3, 0.4) is 0 Å². The van der Waals surface area contributed by atoms with Gasteiger partial charge in [-0.3, -0.25) is 19.4 Å². The molecule has 214 valence electrons. The number of aromatic nitrogens is 5. The van der Waals surface area contributed by atoms with E-state index in [0.29, 0.717) is 34.4 Å². The molecule has 0 spiro atoms. The van der Waals surface area contributed by atoms with E-state index in [1.54, 1.807) is 38.4 Å². The summed E-state index contributed by atoms with van der Waals surface area (Å²) < 4.78 is 16.7. The number of amides is 2. The molecule has 40 heavy (non-hydrogen) atoms. The van der Waals surface area contributed by atoms with Crippen LogP contribution in [0.1, 0.15) is 86.1 Å². The first-order valence-corrected chi connectivity index (χ1v) is 14.6. The van der Waals surface area contributed by atoms with E-state index in [0.717, 1.165) is 57.1 Å². The van der Waals surface area contributed by atoms with E-state index < -0.39 is 12.0 Å². The second-order valence-corrected chi connectivity index (χ2v) is 11.5. The van der Waals surface area contributed by atoms with Crippen molar-refractivity contribution < 1.29 is 14.0 Å². The summed E-state index contributed by atoms with van der Waals surface area (Å²) in [6.07, 6.45) is 12.7. The summed E-state index contributed by atoms with van der Waals surface area (Å²) in [4.78, 5) is 31.6. The van der Waals surface area contributed by atoms with Gasteiger partial charge in [0.05, 0.1) is 5.69 Å². The number of aryl methyl sites for hydroxylation is 3. The van der Waals surface area contributed by atoms with Crippen LogP contribution in [0.4, 0.5) is 10.2 Å². The second kappa shape index (κ2) is 12.3. The zero-order valence-electron chi connectivity index (χ0n) is 23.7. The standard InChI is InChI=1S/C30H40FN7O2/c1-18-25(19(2)37-36-18)22-14-15-24(33-28(22)31)34-30(40)27(35-29(39)23-16-17-32-38(23)3)26(20-10-6-4-7-11-20)21-12-8-5-9-13-21/h14-17,20-21,26-27H,4-13H2,1-3H3,(H,35,39)(H,36,37)(H,33,34,40)/t27-/m0/s1. The highest BCUT2D eigenvalue weighted by molar-refractivity contribution is 6.00. The summed E-state index contributed by atoms with van der Waals surface area (Å²) in [5.41, 5.74) is 2.80. The van der Waals surface area contributed by atoms with Crippen LogP contribution in [-0.2, 0) is 11.8 Å². The number of nitrogens with one attached hydrogen (secondary N) is 3. The molecule has 9 nitrogen and oxygen atoms in total. The maximum Gasteiger partial charge on any atom is 0.270 e. The number of carbonyl (C=O) groups is 2. The molecule has 0 aliphatic heterocycles. The summed E-state index contributed by atoms with van der Waals surface area (Å²) in [6, 6.07) is 4.11. The maximum absolute atomic E-state index is 15.2. The molecule has 2 aliphatic carbocycles. The van der Waals surface area contributed by atoms with Crippen LogP contribution in [0.5, 0.6) is 0 Å². The minimum absolute atomic E-state index is 0.00173. The summed E-state index contributed by atoms with van der Waals surface area (Å²) >= 11 is 0. The molecule has 2 amide bonds. The second-order valence-electron chi connectivity index (χ2n) is 11.5. The molecule has 0 radical (unpaired) electrons. The average molecular weight is 550 g/mol. The third-order valence-electron chi connectivity index (χ3n) is 8.89. The number of carbonyl (C=O) groups excluding carboxylic acids is 2. The van der Waals surface area contributed by atoms with Gasteiger partial charge in [-0.1, -0.05) is 64.2 Å². The molecule has 3 aromatic rings. The number of aromatic amines is 1. The van der Waals surface area contributed by atoms with Crippen molar-refractivity contribution in [3.8, 4) is 11.1 Å². The van der Waals surface area contributed by atoms with Crippen LogP contribution in [0.25, 0.3) is 11.1 Å². The zero-order chi connectivity index (χ0) is 28.2. The van der Waals surface area contributed by atoms with E-state index in [-0.39, 0.29) is 23.6 Å². The highest BCUT2D eigenvalue weighted by Gasteiger charge is 2.41. The summed E-state index contributed by atoms with van der Waals surface area (Å²) in [5.74, 6) is -0.563. The van der Waals surface area contributed by atoms with Gasteiger partial charge >= 0.3 is 0 Å². The van der Waals surface area contributed by atoms with Crippen molar-refractivity contribution in [2.24, 2.45) is 24.8 Å². The Morgan fingerprint density at radius 1 is 1.00 bits per heavy atom. The van der Waals surface area contributed by atoms with Crippen molar-refractivity contribution in [1.29, 1.82) is 0 Å². The molecule has 0 unspecified atom stereocenters. The van der Waals surface area contributed by atoms with Gasteiger partial charge in [-0.25, -0.2) is 4.98 Å². The number of H-pyrrole nitrogens is 1. The van der Waals surface area contributed by atoms with Gasteiger partial charge in [0.2, 0.25) is 11.9 Å². The normalized spacial score (nSPS) is 17.6. The van der Waals surface area contributed by atoms with Crippen LogP contribution >= 0.6 is 0 Å². The Bertz CT molecular complexity index is 1300. The van der Waals surface area contributed by atoms with Crippen LogP contribution in [0.2, 0.25) is 0 Å². The van der Waals surface area contributed by atoms with Gasteiger partial charge in [0.1, 0.15) is 17.6 Å². The quantitative estimate of drug-likeness (QED) is 0.322. The van der Waals surface area contributed by atoms with Crippen molar-refractivity contribution in [2.75, 3.05) is 5.32 Å². The van der Waals surface area contributed by atoms with Crippen molar-refractivity contribution >= 4 is 17.6 Å². The lowest BCUT2D eigenvalue weighted by molar-refractivity contribution is -0.121. The third-order valence-corrected chi connectivity index (χ3v) is 8.89. The Morgan fingerprint density at radius 2 is 1.65 bits per heavy atom. The number of pyridine rings is 1. The minimum Gasteiger partial charge on any atom is -0.339 e. The fourth-order valence-corrected chi connectivity index (χ4v) is 6.96. The lowest BCUT2D eigenvalue weighted by Gasteiger charge is -2.41. The predicted molar refractivity (Wildman–Crippen MR) is 151 cm³/mol. The molecule has 3 N–H and O–H groups in total. The van der Waals surface area contributed by atoms with Crippen molar-refractivity contribution in [3.05, 3.63) is 47.4 Å². The van der Waals surface area contributed by atoms with Crippen LogP contribution in [0, 0.1) is 37.5 Å². The number of anilines is 1. The molecule has 2 saturated carbocycles. The topological polar surface area (TPSA) is 118 Å². The number of hydrogen-bond donors (Lipinski definition) is 3. The Kier molecular flexibility index (Phi) is 8.61. The van der Waals surface area contributed by atoms with Gasteiger partial charge in [0.25, 0.3) is 5.91 Å². The third kappa shape index (κ3) is 5.95. The van der Waals surface area contributed by atoms with Gasteiger partial charge < -0.3 is 10.6 Å². The predicted octanol–water partition coefficient (Wildman–Crippen LogP) is 5.48. The van der Waals surface area contributed by atoms with Crippen LogP contribution in [-0.4, -0.2) is 42.8 Å². The lowest BCUT2D eigenvalue weighted by Crippen LogP contribution is -2.53. The molecule has 10 heteroatoms. The van der Waals surface area contributed by atoms with E-state index in [1.165, 1.54) is 17.5 Å². The Labute approximate surface area is 234 Å². The molecule has 2 fully saturated rings. The number of halogens is 1. The maximum atomic E-state index is 15.2. The molecule has 0 bridgehead atoms. The number of hydrogen-bond acceptors (Lipinski definition) is 5. The zero-order valence-corrected chi connectivity index (χ0v) is 23.7. The molecular weight excluding hydrogens is 509 g/mol. The monoisotopic (exact) mass is 549 g/mol. The largest absolute Gasteiger partial charge is 0.339 e. The molecule has 5 rings (SSSR count). The lowest BCUT2D eigenvalue weighted by atomic mass is 9.66. The summed E-state index contributed by atoms with van der Waals surface area (Å²) in [5, 5.41) is 17.1. The van der Waals surface area contributed by atoms with Crippen LogP contribution < -0.4 is 10.6 Å². The van der Waals surface area contributed by atoms with Gasteiger partial charge in [0, 0.05) is 30.1 Å². The molecule has 2 aliphatic rings. The van der Waals surface area contributed by atoms with Gasteiger partial charge in [-0.05, 0) is 49.8 Å². The smallest absolute Gasteiger partial charge is 0.270 e. The highest BCUT2D eigenvalue weighted by Crippen LogP contribution is 2.42. The number of nitrogens with zero attached hydrogens (tertiary/aromatic N) is 4. The van der Waals surface area contributed by atoms with E-state index in [1.807, 2.05) is 6.92 Å². The van der Waals surface area contributed by atoms with E-state index in [9.17, 15) is 9.59 Å². The molecule has 0 aromatic carbocycles. The average Bonchev–Trinajstić information content (AvgIpc) is 3.54. The Hall–Kier alpha value is -3.56. The number of rotatable bonds is 8. The minimum atomic E-state index is -0.767. The summed E-state index contributed by atoms with van der Waals surface area (Å²) in [7, 11) is 1.71. The fraction of sp³-hybridized carbons (Fsp3) is 0.567. The van der Waals surface area contributed by atoms with Crippen molar-refractivity contribution in [2.45, 2.75) is 84.1 Å². The first kappa shape index (κ1) is 28.0. The van der Waals surface area contributed by atoms with E-state index in [4.69, 9.17) is 0 Å². The summed E-state index contributed by atoms with van der Waals surface area (Å²) in [6.45, 7) is 3.64. The molecule has 3 heterocycles. The van der Waals surface area contributed by atoms with Crippen LogP contribution in [0.15, 0.2) is 24.4 Å². The van der Waals surface area contributed by atoms with E-state index >= 15 is 4.39 Å². The Morgan fingerprint density at radius 3 is 2.17 bits per heavy atom. The van der Waals surface area contributed by atoms with Gasteiger partial charge in [-0.15, -0.1) is 0 Å². The first-order valence-electron chi connectivity index (χ1n) is 14.6. The molecule has 1 atom stereocenters.